The summed E-state index contributed by atoms with van der Waals surface area (Å²) in [6, 6.07) is 31.4. The van der Waals surface area contributed by atoms with Gasteiger partial charge in [0, 0.05) is 5.56 Å². The van der Waals surface area contributed by atoms with Crippen molar-refractivity contribution in [2.45, 2.75) is 6.61 Å². The summed E-state index contributed by atoms with van der Waals surface area (Å²) in [6.45, 7) is 0.102. The van der Waals surface area contributed by atoms with Crippen LogP contribution in [0.25, 0.3) is 21.5 Å². The Hall–Kier alpha value is -4.71. The van der Waals surface area contributed by atoms with Gasteiger partial charge in [0.15, 0.2) is 6.61 Å². The molecule has 0 heterocycles. The first-order valence-electron chi connectivity index (χ1n) is 11.5. The minimum Gasteiger partial charge on any atom is -0.488 e. The number of hydrazone groups is 1. The average Bonchev–Trinajstić information content (AvgIpc) is 2.92. The zero-order chi connectivity index (χ0) is 24.7. The molecule has 0 spiro atoms. The van der Waals surface area contributed by atoms with Crippen LogP contribution in [-0.4, -0.2) is 18.7 Å². The van der Waals surface area contributed by atoms with E-state index in [1.165, 1.54) is 12.1 Å². The first kappa shape index (κ1) is 23.1. The maximum Gasteiger partial charge on any atom is 0.277 e. The van der Waals surface area contributed by atoms with Gasteiger partial charge in [-0.25, -0.2) is 9.82 Å². The zero-order valence-electron chi connectivity index (χ0n) is 19.4. The summed E-state index contributed by atoms with van der Waals surface area (Å²) in [5, 5.41) is 8.23. The Morgan fingerprint density at radius 1 is 0.806 bits per heavy atom. The Morgan fingerprint density at radius 2 is 1.53 bits per heavy atom. The molecular formula is C30H23FN2O3. The molecule has 5 aromatic rings. The molecule has 0 bridgehead atoms. The molecule has 1 N–H and O–H groups in total. The van der Waals surface area contributed by atoms with Crippen LogP contribution in [0.1, 0.15) is 11.1 Å². The number of halogens is 1. The second kappa shape index (κ2) is 10.7. The van der Waals surface area contributed by atoms with Crippen LogP contribution in [0.4, 0.5) is 4.39 Å². The summed E-state index contributed by atoms with van der Waals surface area (Å²) in [7, 11) is 0. The Kier molecular flexibility index (Phi) is 6.85. The number of hydrogen-bond acceptors (Lipinski definition) is 4. The summed E-state index contributed by atoms with van der Waals surface area (Å²) in [4.78, 5) is 12.3. The van der Waals surface area contributed by atoms with Crippen LogP contribution in [0, 0.1) is 5.82 Å². The molecule has 0 aliphatic carbocycles. The third kappa shape index (κ3) is 5.50. The van der Waals surface area contributed by atoms with Gasteiger partial charge in [0.05, 0.1) is 6.21 Å². The Labute approximate surface area is 207 Å². The monoisotopic (exact) mass is 478 g/mol. The summed E-state index contributed by atoms with van der Waals surface area (Å²) >= 11 is 0. The predicted octanol–water partition coefficient (Wildman–Crippen LogP) is 6.24. The molecule has 6 heteroatoms. The molecule has 0 radical (unpaired) electrons. The number of hydrogen-bond donors (Lipinski definition) is 1. The molecule has 0 unspecified atom stereocenters. The fourth-order valence-corrected chi connectivity index (χ4v) is 3.88. The predicted molar refractivity (Wildman–Crippen MR) is 140 cm³/mol. The molecule has 5 rings (SSSR count). The Morgan fingerprint density at radius 3 is 2.36 bits per heavy atom. The topological polar surface area (TPSA) is 59.9 Å². The Balaban J connectivity index is 1.27. The number of rotatable bonds is 8. The van der Waals surface area contributed by atoms with Crippen molar-refractivity contribution in [3.05, 3.63) is 120 Å². The van der Waals surface area contributed by atoms with E-state index in [9.17, 15) is 9.18 Å². The number of ether oxygens (including phenoxy) is 2. The fraction of sp³-hybridized carbons (Fsp3) is 0.0667. The van der Waals surface area contributed by atoms with Gasteiger partial charge in [-0.15, -0.1) is 0 Å². The minimum atomic E-state index is -0.381. The first-order valence-corrected chi connectivity index (χ1v) is 11.5. The van der Waals surface area contributed by atoms with Gasteiger partial charge < -0.3 is 9.47 Å². The fourth-order valence-electron chi connectivity index (χ4n) is 3.88. The zero-order valence-corrected chi connectivity index (χ0v) is 19.4. The lowest BCUT2D eigenvalue weighted by Crippen LogP contribution is -2.24. The summed E-state index contributed by atoms with van der Waals surface area (Å²) in [5.41, 5.74) is 4.09. The lowest BCUT2D eigenvalue weighted by Gasteiger charge is -2.12. The minimum absolute atomic E-state index is 0.168. The van der Waals surface area contributed by atoms with Gasteiger partial charge >= 0.3 is 0 Å². The van der Waals surface area contributed by atoms with Crippen LogP contribution in [0.15, 0.2) is 108 Å². The van der Waals surface area contributed by atoms with Gasteiger partial charge in [-0.05, 0) is 57.4 Å². The highest BCUT2D eigenvalue weighted by Gasteiger charge is 2.09. The van der Waals surface area contributed by atoms with Gasteiger partial charge in [-0.3, -0.25) is 4.79 Å². The van der Waals surface area contributed by atoms with E-state index >= 15 is 0 Å². The van der Waals surface area contributed by atoms with Crippen LogP contribution in [0.5, 0.6) is 11.5 Å². The lowest BCUT2D eigenvalue weighted by molar-refractivity contribution is -0.123. The van der Waals surface area contributed by atoms with Crippen LogP contribution >= 0.6 is 0 Å². The number of carbonyl (C=O) groups excluding carboxylic acids is 1. The first-order chi connectivity index (χ1) is 17.7. The van der Waals surface area contributed by atoms with Gasteiger partial charge in [0.2, 0.25) is 0 Å². The van der Waals surface area contributed by atoms with E-state index < -0.39 is 0 Å². The van der Waals surface area contributed by atoms with Crippen LogP contribution in [0.3, 0.4) is 0 Å². The van der Waals surface area contributed by atoms with E-state index in [0.717, 1.165) is 32.7 Å². The van der Waals surface area contributed by atoms with Crippen molar-refractivity contribution in [2.75, 3.05) is 6.61 Å². The van der Waals surface area contributed by atoms with E-state index in [0.29, 0.717) is 11.5 Å². The van der Waals surface area contributed by atoms with E-state index in [2.05, 4.69) is 10.5 Å². The quantitative estimate of drug-likeness (QED) is 0.212. The summed E-state index contributed by atoms with van der Waals surface area (Å²) < 4.78 is 24.9. The molecule has 5 nitrogen and oxygen atoms in total. The maximum atomic E-state index is 13.2. The van der Waals surface area contributed by atoms with Crippen molar-refractivity contribution in [3.8, 4) is 11.5 Å². The highest BCUT2D eigenvalue weighted by atomic mass is 19.1. The van der Waals surface area contributed by atoms with Crippen LogP contribution < -0.4 is 14.9 Å². The maximum absolute atomic E-state index is 13.2. The van der Waals surface area contributed by atoms with Gasteiger partial charge in [0.25, 0.3) is 5.91 Å². The Bertz CT molecular complexity index is 1550. The van der Waals surface area contributed by atoms with Crippen molar-refractivity contribution in [1.82, 2.24) is 5.43 Å². The number of nitrogens with zero attached hydrogens (tertiary/aromatic N) is 1. The van der Waals surface area contributed by atoms with Crippen molar-refractivity contribution in [2.24, 2.45) is 5.10 Å². The smallest absolute Gasteiger partial charge is 0.277 e. The van der Waals surface area contributed by atoms with Crippen LogP contribution in [-0.2, 0) is 11.4 Å². The molecule has 0 saturated heterocycles. The van der Waals surface area contributed by atoms with Crippen molar-refractivity contribution in [1.29, 1.82) is 0 Å². The molecule has 36 heavy (non-hydrogen) atoms. The molecule has 0 aromatic heterocycles. The molecule has 0 aliphatic rings. The number of amides is 1. The number of carbonyl (C=O) groups is 1. The van der Waals surface area contributed by atoms with Crippen molar-refractivity contribution >= 4 is 33.7 Å². The van der Waals surface area contributed by atoms with Gasteiger partial charge in [-0.2, -0.15) is 5.10 Å². The largest absolute Gasteiger partial charge is 0.488 e. The molecule has 0 fully saturated rings. The molecule has 5 aromatic carbocycles. The van der Waals surface area contributed by atoms with Crippen molar-refractivity contribution in [3.63, 3.8) is 0 Å². The van der Waals surface area contributed by atoms with Crippen LogP contribution in [0.2, 0.25) is 0 Å². The lowest BCUT2D eigenvalue weighted by atomic mass is 10.0. The van der Waals surface area contributed by atoms with E-state index in [-0.39, 0.29) is 24.9 Å². The second-order valence-corrected chi connectivity index (χ2v) is 8.20. The number of benzene rings is 5. The summed E-state index contributed by atoms with van der Waals surface area (Å²) in [6.07, 6.45) is 1.57. The molecule has 0 saturated carbocycles. The molecular weight excluding hydrogens is 455 g/mol. The number of nitrogens with one attached hydrogen (secondary N) is 1. The van der Waals surface area contributed by atoms with Crippen molar-refractivity contribution < 1.29 is 18.7 Å². The SMILES string of the molecule is O=C(COc1ccc2ccccc2c1)NN=Cc1c(OCc2ccc(F)cc2)ccc2ccccc12. The van der Waals surface area contributed by atoms with Gasteiger partial charge in [0.1, 0.15) is 23.9 Å². The average molecular weight is 479 g/mol. The standard InChI is InChI=1S/C30H23FN2O3/c31-25-13-9-21(10-14-25)19-36-29-16-12-23-6-3-4-8-27(23)28(29)18-32-33-30(34)20-35-26-15-11-22-5-1-2-7-24(22)17-26/h1-18H,19-20H2,(H,33,34). The highest BCUT2D eigenvalue weighted by molar-refractivity contribution is 6.02. The van der Waals surface area contributed by atoms with E-state index in [1.54, 1.807) is 18.3 Å². The second-order valence-electron chi connectivity index (χ2n) is 8.20. The molecule has 1 amide bonds. The normalized spacial score (nSPS) is 11.1. The van der Waals surface area contributed by atoms with E-state index in [4.69, 9.17) is 9.47 Å². The summed E-state index contributed by atoms with van der Waals surface area (Å²) in [5.74, 6) is 0.535. The number of fused-ring (bicyclic) bond motifs is 2. The molecule has 178 valence electrons. The molecule has 0 atom stereocenters. The third-order valence-corrected chi connectivity index (χ3v) is 5.71. The van der Waals surface area contributed by atoms with E-state index in [1.807, 2.05) is 78.9 Å². The molecule has 0 aliphatic heterocycles. The van der Waals surface area contributed by atoms with Gasteiger partial charge in [-0.1, -0.05) is 72.8 Å². The third-order valence-electron chi connectivity index (χ3n) is 5.71. The highest BCUT2D eigenvalue weighted by Crippen LogP contribution is 2.27.